The van der Waals surface area contributed by atoms with E-state index in [4.69, 9.17) is 17.2 Å². The molecule has 2 aliphatic rings. The van der Waals surface area contributed by atoms with Crippen LogP contribution in [0, 0.1) is 0 Å². The van der Waals surface area contributed by atoms with Crippen molar-refractivity contribution in [3.63, 3.8) is 0 Å². The van der Waals surface area contributed by atoms with Gasteiger partial charge in [-0.05, 0) is 43.7 Å². The lowest BCUT2D eigenvalue weighted by atomic mass is 10.0. The lowest BCUT2D eigenvalue weighted by molar-refractivity contribution is -0.143. The number of carboxylic acids is 1. The van der Waals surface area contributed by atoms with Crippen LogP contribution >= 0.6 is 21.6 Å². The average Bonchev–Trinajstić information content (AvgIpc) is 3.82. The van der Waals surface area contributed by atoms with Crippen LogP contribution < -0.4 is 38.5 Å². The van der Waals surface area contributed by atoms with E-state index in [0.717, 1.165) is 10.9 Å². The highest BCUT2D eigenvalue weighted by atomic mass is 33.1. The predicted octanol–water partition coefficient (Wildman–Crippen LogP) is -0.821. The number of guanidine groups is 1. The van der Waals surface area contributed by atoms with E-state index in [2.05, 4.69) is 31.2 Å². The Bertz CT molecular complexity index is 1840. The van der Waals surface area contributed by atoms with E-state index in [-0.39, 0.29) is 50.4 Å². The number of ketones is 1. The molecule has 2 aromatic rings. The molecule has 19 nitrogen and oxygen atoms in total. The number of nitrogens with two attached hydrogens (primary N) is 3. The van der Waals surface area contributed by atoms with Crippen LogP contribution in [-0.2, 0) is 44.8 Å². The number of rotatable bonds is 10. The van der Waals surface area contributed by atoms with Gasteiger partial charge in [-0.2, -0.15) is 0 Å². The normalized spacial score (nSPS) is 23.8. The molecule has 1 aromatic carbocycles. The molecule has 0 aliphatic carbocycles. The van der Waals surface area contributed by atoms with Crippen molar-refractivity contribution in [1.82, 2.24) is 31.2 Å². The second-order valence-electron chi connectivity index (χ2n) is 13.7. The second kappa shape index (κ2) is 21.8. The molecule has 57 heavy (non-hydrogen) atoms. The summed E-state index contributed by atoms with van der Waals surface area (Å²) in [6.07, 6.45) is 1.95. The number of aliphatic imine (C=N–C) groups is 1. The number of carbonyl (C=O) groups is 8. The molecule has 2 fully saturated rings. The van der Waals surface area contributed by atoms with E-state index in [1.165, 1.54) is 26.5 Å². The minimum Gasteiger partial charge on any atom is -0.481 e. The first-order valence-corrected chi connectivity index (χ1v) is 21.1. The Morgan fingerprint density at radius 2 is 1.60 bits per heavy atom. The summed E-state index contributed by atoms with van der Waals surface area (Å²) in [4.78, 5) is 114. The summed E-state index contributed by atoms with van der Waals surface area (Å²) in [5.74, 6) is -5.83. The smallest absolute Gasteiger partial charge is 0.305 e. The molecule has 0 unspecified atom stereocenters. The highest BCUT2D eigenvalue weighted by Crippen LogP contribution is 2.25. The van der Waals surface area contributed by atoms with Gasteiger partial charge in [-0.1, -0.05) is 39.8 Å². The average molecular weight is 831 g/mol. The van der Waals surface area contributed by atoms with Crippen LogP contribution in [0.3, 0.4) is 0 Å². The number of carbonyl (C=O) groups excluding carboxylic acids is 7. The van der Waals surface area contributed by atoms with Crippen LogP contribution in [0.25, 0.3) is 10.9 Å². The van der Waals surface area contributed by atoms with E-state index in [9.17, 15) is 43.5 Å². The van der Waals surface area contributed by atoms with Gasteiger partial charge in [-0.15, -0.1) is 0 Å². The highest BCUT2D eigenvalue weighted by molar-refractivity contribution is 8.76. The van der Waals surface area contributed by atoms with Crippen molar-refractivity contribution in [1.29, 1.82) is 0 Å². The molecule has 6 amide bonds. The highest BCUT2D eigenvalue weighted by Gasteiger charge is 2.40. The molecule has 5 atom stereocenters. The maximum absolute atomic E-state index is 14.3. The minimum absolute atomic E-state index is 0.00831. The first-order chi connectivity index (χ1) is 27.2. The fourth-order valence-corrected chi connectivity index (χ4v) is 8.75. The number of nitrogens with zero attached hydrogens (tertiary/aromatic N) is 2. The Balaban J connectivity index is 1.61. The molecule has 0 saturated carbocycles. The first kappa shape index (κ1) is 44.4. The summed E-state index contributed by atoms with van der Waals surface area (Å²) >= 11 is 0. The third kappa shape index (κ3) is 13.7. The Morgan fingerprint density at radius 1 is 0.860 bits per heavy atom. The second-order valence-corrected chi connectivity index (χ2v) is 16.4. The number of Topliss-reactive ketones (excluding diaryl/α,β-unsaturated/α-hetero) is 1. The van der Waals surface area contributed by atoms with Gasteiger partial charge in [0.15, 0.2) is 11.7 Å². The van der Waals surface area contributed by atoms with Crippen molar-refractivity contribution in [3.8, 4) is 0 Å². The molecule has 21 heteroatoms. The van der Waals surface area contributed by atoms with Crippen LogP contribution in [-0.4, -0.2) is 123 Å². The molecule has 3 heterocycles. The van der Waals surface area contributed by atoms with Crippen molar-refractivity contribution in [3.05, 3.63) is 36.0 Å². The molecular formula is C36H50N10O9S2. The number of carboxylic acid groups (broad SMARTS) is 1. The van der Waals surface area contributed by atoms with E-state index in [0.29, 0.717) is 37.1 Å². The van der Waals surface area contributed by atoms with Crippen LogP contribution in [0.1, 0.15) is 63.4 Å². The predicted molar refractivity (Wildman–Crippen MR) is 214 cm³/mol. The number of benzene rings is 1. The monoisotopic (exact) mass is 830 g/mol. The largest absolute Gasteiger partial charge is 0.481 e. The Morgan fingerprint density at radius 3 is 2.33 bits per heavy atom. The van der Waals surface area contributed by atoms with Gasteiger partial charge in [-0.3, -0.25) is 43.3 Å². The summed E-state index contributed by atoms with van der Waals surface area (Å²) in [7, 11) is 2.48. The van der Waals surface area contributed by atoms with E-state index in [1.54, 1.807) is 12.3 Å². The van der Waals surface area contributed by atoms with Gasteiger partial charge in [0.05, 0.1) is 12.5 Å². The fourth-order valence-electron chi connectivity index (χ4n) is 6.58. The maximum atomic E-state index is 14.3. The molecule has 12 N–H and O–H groups in total. The molecule has 0 radical (unpaired) electrons. The lowest BCUT2D eigenvalue weighted by Gasteiger charge is -2.30. The van der Waals surface area contributed by atoms with Gasteiger partial charge >= 0.3 is 5.97 Å². The Labute approximate surface area is 336 Å². The maximum Gasteiger partial charge on any atom is 0.305 e. The fraction of sp³-hybridized carbons (Fsp3) is 0.528. The number of aromatic amines is 1. The lowest BCUT2D eigenvalue weighted by Crippen LogP contribution is -2.58. The van der Waals surface area contributed by atoms with Gasteiger partial charge in [0.1, 0.15) is 24.2 Å². The summed E-state index contributed by atoms with van der Waals surface area (Å²) in [5.41, 5.74) is 17.8. The molecule has 0 spiro atoms. The Kier molecular flexibility index (Phi) is 17.0. The zero-order chi connectivity index (χ0) is 41.5. The zero-order valence-corrected chi connectivity index (χ0v) is 33.0. The molecule has 2 aliphatic heterocycles. The van der Waals surface area contributed by atoms with Crippen molar-refractivity contribution < 1.29 is 43.5 Å². The summed E-state index contributed by atoms with van der Waals surface area (Å²) in [6.45, 7) is 0.464. The number of para-hydroxylation sites is 1. The van der Waals surface area contributed by atoms with Crippen LogP contribution in [0.4, 0.5) is 0 Å². The number of unbranched alkanes of at least 4 members (excludes halogenated alkanes) is 1. The van der Waals surface area contributed by atoms with E-state index in [1.807, 2.05) is 18.2 Å². The number of nitrogens with one attached hydrogen (secondary N) is 5. The topological polar surface area (TPSA) is 314 Å². The van der Waals surface area contributed by atoms with Crippen molar-refractivity contribution in [2.75, 3.05) is 24.6 Å². The standard InChI is InChI=1S/C36H50N10O9S2/c37-32(52)26-19-57-56-15-12-30(49)42-23(8-3-4-13-40-36(38)39)28(47)10-11-29(48)43-24(17-31(50)51)33(53)44-25(16-20-18-41-22-7-2-1-6-21(20)22)35(55)46-14-5-9-27(46)34(54)45-26/h1-2,6-7,18,23-27,41H,3-5,8-17,19H2,(H2,37,52)(H,42,49)(H,43,48)(H,44,53)(H,45,54)(H,50,51)(H4,38,39,40)/t23-,24-,25-,26-,27-/m0/s1. The number of amides is 6. The number of H-pyrrole nitrogens is 1. The molecule has 1 aromatic heterocycles. The van der Waals surface area contributed by atoms with Crippen molar-refractivity contribution in [2.45, 2.75) is 94.4 Å². The van der Waals surface area contributed by atoms with E-state index >= 15 is 0 Å². The molecule has 310 valence electrons. The quantitative estimate of drug-likeness (QED) is 0.0613. The van der Waals surface area contributed by atoms with Crippen molar-refractivity contribution >= 4 is 85.6 Å². The summed E-state index contributed by atoms with van der Waals surface area (Å²) in [5, 5.41) is 20.8. The van der Waals surface area contributed by atoms with E-state index < -0.39 is 90.2 Å². The number of primary amides is 1. The molecule has 2 saturated heterocycles. The van der Waals surface area contributed by atoms with Gasteiger partial charge in [0.2, 0.25) is 35.4 Å². The van der Waals surface area contributed by atoms with Crippen molar-refractivity contribution in [2.24, 2.45) is 22.2 Å². The summed E-state index contributed by atoms with van der Waals surface area (Å²) in [6, 6.07) is 1.28. The van der Waals surface area contributed by atoms with Gasteiger partial charge in [0, 0.05) is 67.4 Å². The molecule has 4 rings (SSSR count). The third-order valence-corrected chi connectivity index (χ3v) is 11.9. The minimum atomic E-state index is -1.64. The van der Waals surface area contributed by atoms with Gasteiger partial charge in [-0.25, -0.2) is 0 Å². The van der Waals surface area contributed by atoms with Crippen LogP contribution in [0.2, 0.25) is 0 Å². The number of fused-ring (bicyclic) bond motifs is 2. The first-order valence-electron chi connectivity index (χ1n) is 18.6. The van der Waals surface area contributed by atoms with Gasteiger partial charge in [0.25, 0.3) is 0 Å². The van der Waals surface area contributed by atoms with Crippen LogP contribution in [0.5, 0.6) is 0 Å². The summed E-state index contributed by atoms with van der Waals surface area (Å²) < 4.78 is 0. The number of hydrogen-bond acceptors (Lipinski definition) is 11. The van der Waals surface area contributed by atoms with Crippen LogP contribution in [0.15, 0.2) is 35.5 Å². The SMILES string of the molecule is NC(=O)[C@@H]1CSSCCC(=O)N[C@@H](CCCCN=C(N)N)C(=O)CCC(=O)N[C@@H](CC(=O)O)C(=O)N[C@@H](Cc2c[nH]c3ccccc23)C(=O)N2CCC[C@H]2C(=O)N1. The Hall–Kier alpha value is -5.31. The van der Waals surface area contributed by atoms with Gasteiger partial charge < -0.3 is 53.5 Å². The zero-order valence-electron chi connectivity index (χ0n) is 31.3. The number of aliphatic carboxylic acids is 1. The third-order valence-electron chi connectivity index (χ3n) is 9.49. The molecule has 0 bridgehead atoms. The number of hydrogen-bond donors (Lipinski definition) is 9. The molecular weight excluding hydrogens is 781 g/mol. The number of aromatic nitrogens is 1.